The number of carbonyl (C=O) groups excluding carboxylic acids is 2. The summed E-state index contributed by atoms with van der Waals surface area (Å²) >= 11 is 0. The fourth-order valence-corrected chi connectivity index (χ4v) is 1.41. The standard InChI is InChI=1S/C9H14N2O3/c1-4-14-8(12)7-5(2)10-9(13)11-6(7)3/h5H,4H2,1-3H3,(H2,10,11,13)/t5-/m0/s1. The van der Waals surface area contributed by atoms with Gasteiger partial charge in [0.05, 0.1) is 18.2 Å². The average molecular weight is 198 g/mol. The number of allylic oxidation sites excluding steroid dienone is 1. The van der Waals surface area contributed by atoms with Gasteiger partial charge in [-0.05, 0) is 20.8 Å². The van der Waals surface area contributed by atoms with Gasteiger partial charge in [-0.15, -0.1) is 0 Å². The summed E-state index contributed by atoms with van der Waals surface area (Å²) in [6.45, 7) is 5.50. The zero-order valence-electron chi connectivity index (χ0n) is 8.51. The van der Waals surface area contributed by atoms with E-state index in [1.807, 2.05) is 0 Å². The predicted molar refractivity (Wildman–Crippen MR) is 50.5 cm³/mol. The summed E-state index contributed by atoms with van der Waals surface area (Å²) in [7, 11) is 0. The van der Waals surface area contributed by atoms with E-state index in [1.165, 1.54) is 0 Å². The Morgan fingerprint density at radius 1 is 1.57 bits per heavy atom. The van der Waals surface area contributed by atoms with Crippen LogP contribution in [0.1, 0.15) is 20.8 Å². The first-order chi connectivity index (χ1) is 6.56. The summed E-state index contributed by atoms with van der Waals surface area (Å²) in [5.41, 5.74) is 1.03. The minimum absolute atomic E-state index is 0.289. The number of hydrogen-bond donors (Lipinski definition) is 2. The maximum Gasteiger partial charge on any atom is 0.337 e. The fraction of sp³-hybridized carbons (Fsp3) is 0.556. The van der Waals surface area contributed by atoms with Crippen LogP contribution >= 0.6 is 0 Å². The fourth-order valence-electron chi connectivity index (χ4n) is 1.41. The van der Waals surface area contributed by atoms with Gasteiger partial charge in [-0.1, -0.05) is 0 Å². The normalized spacial score (nSPS) is 21.4. The van der Waals surface area contributed by atoms with E-state index in [0.717, 1.165) is 0 Å². The number of esters is 1. The highest BCUT2D eigenvalue weighted by atomic mass is 16.5. The molecule has 1 aliphatic rings. The van der Waals surface area contributed by atoms with E-state index in [2.05, 4.69) is 10.6 Å². The van der Waals surface area contributed by atoms with Crippen molar-refractivity contribution in [2.45, 2.75) is 26.8 Å². The lowest BCUT2D eigenvalue weighted by Gasteiger charge is -2.24. The minimum atomic E-state index is -0.384. The van der Waals surface area contributed by atoms with Gasteiger partial charge in [0.1, 0.15) is 0 Å². The molecule has 14 heavy (non-hydrogen) atoms. The van der Waals surface area contributed by atoms with E-state index in [0.29, 0.717) is 17.9 Å². The quantitative estimate of drug-likeness (QED) is 0.636. The zero-order valence-corrected chi connectivity index (χ0v) is 8.51. The van der Waals surface area contributed by atoms with Crippen LogP contribution in [0.15, 0.2) is 11.3 Å². The summed E-state index contributed by atoms with van der Waals surface area (Å²) in [6, 6.07) is -0.592. The molecule has 0 radical (unpaired) electrons. The molecule has 0 unspecified atom stereocenters. The lowest BCUT2D eigenvalue weighted by molar-refractivity contribution is -0.138. The number of rotatable bonds is 2. The molecule has 0 aromatic heterocycles. The topological polar surface area (TPSA) is 67.4 Å². The number of nitrogens with one attached hydrogen (secondary N) is 2. The molecule has 0 aliphatic carbocycles. The molecular formula is C9H14N2O3. The first-order valence-electron chi connectivity index (χ1n) is 4.51. The SMILES string of the molecule is CCOC(=O)C1=C(C)NC(=O)N[C@H]1C. The molecule has 2 amide bonds. The highest BCUT2D eigenvalue weighted by Crippen LogP contribution is 2.13. The van der Waals surface area contributed by atoms with E-state index in [-0.39, 0.29) is 18.0 Å². The van der Waals surface area contributed by atoms with Crippen LogP contribution < -0.4 is 10.6 Å². The Bertz CT molecular complexity index is 296. The molecule has 0 bridgehead atoms. The largest absolute Gasteiger partial charge is 0.463 e. The second kappa shape index (κ2) is 4.13. The van der Waals surface area contributed by atoms with Crippen molar-refractivity contribution < 1.29 is 14.3 Å². The van der Waals surface area contributed by atoms with Crippen LogP contribution in [0.3, 0.4) is 0 Å². The van der Waals surface area contributed by atoms with Crippen LogP contribution in [0.5, 0.6) is 0 Å². The van der Waals surface area contributed by atoms with Gasteiger partial charge in [-0.2, -0.15) is 0 Å². The zero-order chi connectivity index (χ0) is 10.7. The Hall–Kier alpha value is -1.52. The molecular weight excluding hydrogens is 184 g/mol. The first-order valence-corrected chi connectivity index (χ1v) is 4.51. The van der Waals surface area contributed by atoms with Gasteiger partial charge in [0.25, 0.3) is 0 Å². The van der Waals surface area contributed by atoms with E-state index >= 15 is 0 Å². The predicted octanol–water partition coefficient (Wildman–Crippen LogP) is 0.525. The second-order valence-corrected chi connectivity index (χ2v) is 3.08. The van der Waals surface area contributed by atoms with Gasteiger partial charge in [0, 0.05) is 5.70 Å². The summed E-state index contributed by atoms with van der Waals surface area (Å²) in [5, 5.41) is 5.12. The highest BCUT2D eigenvalue weighted by molar-refractivity contribution is 5.94. The van der Waals surface area contributed by atoms with Crippen molar-refractivity contribution in [1.82, 2.24) is 10.6 Å². The Kier molecular flexibility index (Phi) is 3.11. The van der Waals surface area contributed by atoms with Crippen molar-refractivity contribution in [3.05, 3.63) is 11.3 Å². The molecule has 5 heteroatoms. The molecule has 0 saturated heterocycles. The molecule has 1 rings (SSSR count). The number of ether oxygens (including phenoxy) is 1. The molecule has 78 valence electrons. The van der Waals surface area contributed by atoms with E-state index in [1.54, 1.807) is 20.8 Å². The van der Waals surface area contributed by atoms with Crippen molar-refractivity contribution >= 4 is 12.0 Å². The molecule has 0 spiro atoms. The molecule has 1 aliphatic heterocycles. The van der Waals surface area contributed by atoms with Gasteiger partial charge >= 0.3 is 12.0 Å². The Morgan fingerprint density at radius 2 is 2.21 bits per heavy atom. The molecule has 0 aromatic carbocycles. The first kappa shape index (κ1) is 10.6. The number of hydrogen-bond acceptors (Lipinski definition) is 3. The van der Waals surface area contributed by atoms with Crippen molar-refractivity contribution in [3.63, 3.8) is 0 Å². The van der Waals surface area contributed by atoms with Gasteiger partial charge < -0.3 is 15.4 Å². The van der Waals surface area contributed by atoms with E-state index in [4.69, 9.17) is 4.74 Å². The van der Waals surface area contributed by atoms with Gasteiger partial charge in [0.15, 0.2) is 0 Å². The molecule has 0 fully saturated rings. The average Bonchev–Trinajstić information content (AvgIpc) is 2.01. The highest BCUT2D eigenvalue weighted by Gasteiger charge is 2.27. The Morgan fingerprint density at radius 3 is 2.71 bits per heavy atom. The third-order valence-corrected chi connectivity index (χ3v) is 1.98. The lowest BCUT2D eigenvalue weighted by atomic mass is 10.1. The van der Waals surface area contributed by atoms with Crippen LogP contribution in [0, 0.1) is 0 Å². The molecule has 1 atom stereocenters. The number of carbonyl (C=O) groups is 2. The molecule has 2 N–H and O–H groups in total. The molecule has 0 saturated carbocycles. The van der Waals surface area contributed by atoms with Crippen LogP contribution in [-0.4, -0.2) is 24.6 Å². The van der Waals surface area contributed by atoms with Gasteiger partial charge in [-0.3, -0.25) is 0 Å². The monoisotopic (exact) mass is 198 g/mol. The van der Waals surface area contributed by atoms with Gasteiger partial charge in [-0.25, -0.2) is 9.59 Å². The maximum absolute atomic E-state index is 11.5. The van der Waals surface area contributed by atoms with Crippen molar-refractivity contribution in [1.29, 1.82) is 0 Å². The minimum Gasteiger partial charge on any atom is -0.463 e. The van der Waals surface area contributed by atoms with Crippen LogP contribution in [0.25, 0.3) is 0 Å². The smallest absolute Gasteiger partial charge is 0.337 e. The van der Waals surface area contributed by atoms with Crippen molar-refractivity contribution in [2.75, 3.05) is 6.61 Å². The van der Waals surface area contributed by atoms with Crippen LogP contribution in [0.2, 0.25) is 0 Å². The number of amides is 2. The maximum atomic E-state index is 11.5. The van der Waals surface area contributed by atoms with Crippen molar-refractivity contribution in [2.24, 2.45) is 0 Å². The van der Waals surface area contributed by atoms with E-state index < -0.39 is 0 Å². The lowest BCUT2D eigenvalue weighted by Crippen LogP contribution is -2.48. The number of urea groups is 1. The van der Waals surface area contributed by atoms with Crippen LogP contribution in [0.4, 0.5) is 4.79 Å². The molecule has 5 nitrogen and oxygen atoms in total. The molecule has 0 aromatic rings. The second-order valence-electron chi connectivity index (χ2n) is 3.08. The summed E-state index contributed by atoms with van der Waals surface area (Å²) in [6.07, 6.45) is 0. The summed E-state index contributed by atoms with van der Waals surface area (Å²) in [5.74, 6) is -0.384. The Labute approximate surface area is 82.5 Å². The molecule has 1 heterocycles. The third kappa shape index (κ3) is 2.04. The van der Waals surface area contributed by atoms with Gasteiger partial charge in [0.2, 0.25) is 0 Å². The van der Waals surface area contributed by atoms with Crippen molar-refractivity contribution in [3.8, 4) is 0 Å². The van der Waals surface area contributed by atoms with E-state index in [9.17, 15) is 9.59 Å². The summed E-state index contributed by atoms with van der Waals surface area (Å²) < 4.78 is 4.87. The summed E-state index contributed by atoms with van der Waals surface area (Å²) in [4.78, 5) is 22.5. The third-order valence-electron chi connectivity index (χ3n) is 1.98. The Balaban J connectivity index is 2.88. The van der Waals surface area contributed by atoms with Crippen LogP contribution in [-0.2, 0) is 9.53 Å².